The van der Waals surface area contributed by atoms with E-state index in [1.165, 1.54) is 10.6 Å². The number of aryl methyl sites for hydroxylation is 1. The summed E-state index contributed by atoms with van der Waals surface area (Å²) in [5, 5.41) is 13.0. The van der Waals surface area contributed by atoms with E-state index in [2.05, 4.69) is 5.32 Å². The number of para-hydroxylation sites is 1. The molecule has 1 amide bonds. The van der Waals surface area contributed by atoms with E-state index in [9.17, 15) is 27.9 Å². The molecule has 27 heavy (non-hydrogen) atoms. The van der Waals surface area contributed by atoms with Crippen LogP contribution in [0.2, 0.25) is 0 Å². The summed E-state index contributed by atoms with van der Waals surface area (Å²) in [5.41, 5.74) is -1.86. The Morgan fingerprint density at radius 3 is 2.52 bits per heavy atom. The fraction of sp³-hybridized carbons (Fsp3) is 0.158. The zero-order valence-electron chi connectivity index (χ0n) is 14.2. The molecule has 1 aromatic heterocycles. The van der Waals surface area contributed by atoms with Crippen LogP contribution in [-0.2, 0) is 12.7 Å². The lowest BCUT2D eigenvalue weighted by atomic mass is 10.1. The second kappa shape index (κ2) is 6.79. The number of hydrogen-bond donors (Lipinski definition) is 2. The summed E-state index contributed by atoms with van der Waals surface area (Å²) in [5.74, 6) is -1.49. The van der Waals surface area contributed by atoms with Crippen LogP contribution in [0.25, 0.3) is 10.9 Å². The molecule has 0 spiro atoms. The Bertz CT molecular complexity index is 1090. The first kappa shape index (κ1) is 18.5. The largest absolute Gasteiger partial charge is 0.506 e. The lowest BCUT2D eigenvalue weighted by Crippen LogP contribution is -2.29. The average molecular weight is 376 g/mol. The summed E-state index contributed by atoms with van der Waals surface area (Å²) >= 11 is 0. The molecule has 140 valence electrons. The predicted molar refractivity (Wildman–Crippen MR) is 94.9 cm³/mol. The number of aromatic nitrogens is 1. The molecule has 0 fully saturated rings. The zero-order valence-corrected chi connectivity index (χ0v) is 14.2. The summed E-state index contributed by atoms with van der Waals surface area (Å²) in [6, 6.07) is 10.6. The van der Waals surface area contributed by atoms with Crippen molar-refractivity contribution in [1.29, 1.82) is 0 Å². The van der Waals surface area contributed by atoms with Gasteiger partial charge in [-0.3, -0.25) is 9.59 Å². The van der Waals surface area contributed by atoms with Gasteiger partial charge < -0.3 is 15.0 Å². The van der Waals surface area contributed by atoms with Gasteiger partial charge in [-0.25, -0.2) is 0 Å². The maximum Gasteiger partial charge on any atom is 0.416 e. The van der Waals surface area contributed by atoms with Gasteiger partial charge >= 0.3 is 6.18 Å². The van der Waals surface area contributed by atoms with Crippen LogP contribution >= 0.6 is 0 Å². The van der Waals surface area contributed by atoms with Gasteiger partial charge in [-0.15, -0.1) is 0 Å². The van der Waals surface area contributed by atoms with Gasteiger partial charge in [0.1, 0.15) is 11.3 Å². The molecular formula is C19H15F3N2O3. The van der Waals surface area contributed by atoms with Gasteiger partial charge in [0, 0.05) is 17.6 Å². The van der Waals surface area contributed by atoms with E-state index in [1.54, 1.807) is 31.2 Å². The highest BCUT2D eigenvalue weighted by atomic mass is 19.4. The Morgan fingerprint density at radius 2 is 1.85 bits per heavy atom. The lowest BCUT2D eigenvalue weighted by molar-refractivity contribution is -0.137. The van der Waals surface area contributed by atoms with Crippen LogP contribution in [0.4, 0.5) is 18.9 Å². The number of fused-ring (bicyclic) bond motifs is 1. The summed E-state index contributed by atoms with van der Waals surface area (Å²) in [6.45, 7) is 1.96. The smallest absolute Gasteiger partial charge is 0.416 e. The number of amides is 1. The Balaban J connectivity index is 2.08. The van der Waals surface area contributed by atoms with E-state index in [1.807, 2.05) is 0 Å². The Labute approximate surface area is 151 Å². The van der Waals surface area contributed by atoms with Gasteiger partial charge in [0.15, 0.2) is 0 Å². The van der Waals surface area contributed by atoms with Gasteiger partial charge in [0.05, 0.1) is 11.1 Å². The van der Waals surface area contributed by atoms with Crippen LogP contribution in [0, 0.1) is 0 Å². The quantitative estimate of drug-likeness (QED) is 0.726. The van der Waals surface area contributed by atoms with Crippen molar-refractivity contribution in [2.45, 2.75) is 19.6 Å². The number of aromatic hydroxyl groups is 1. The van der Waals surface area contributed by atoms with Crippen LogP contribution in [0.5, 0.6) is 5.75 Å². The molecule has 2 N–H and O–H groups in total. The third kappa shape index (κ3) is 3.38. The highest BCUT2D eigenvalue weighted by Crippen LogP contribution is 2.31. The SMILES string of the molecule is CCn1c(=O)c(C(=O)Nc2cccc(C(F)(F)F)c2)c(O)c2ccccc21. The summed E-state index contributed by atoms with van der Waals surface area (Å²) in [7, 11) is 0. The van der Waals surface area contributed by atoms with E-state index >= 15 is 0 Å². The minimum atomic E-state index is -4.57. The number of hydrogen-bond acceptors (Lipinski definition) is 3. The minimum absolute atomic E-state index is 0.134. The number of halogens is 3. The molecule has 3 aromatic rings. The number of benzene rings is 2. The third-order valence-electron chi connectivity index (χ3n) is 4.14. The molecule has 8 heteroatoms. The number of carbonyl (C=O) groups excluding carboxylic acids is 1. The van der Waals surface area contributed by atoms with Crippen LogP contribution in [0.3, 0.4) is 0 Å². The molecule has 0 unspecified atom stereocenters. The predicted octanol–water partition coefficient (Wildman–Crippen LogP) is 4.00. The van der Waals surface area contributed by atoms with E-state index in [0.717, 1.165) is 18.2 Å². The number of alkyl halides is 3. The normalized spacial score (nSPS) is 11.6. The van der Waals surface area contributed by atoms with Crippen molar-refractivity contribution in [2.24, 2.45) is 0 Å². The standard InChI is InChI=1S/C19H15F3N2O3/c1-2-24-14-9-4-3-8-13(14)16(25)15(18(24)27)17(26)23-12-7-5-6-11(10-12)19(20,21)22/h3-10,25H,2H2,1H3,(H,23,26). The second-order valence-electron chi connectivity index (χ2n) is 5.82. The number of anilines is 1. The number of nitrogens with one attached hydrogen (secondary N) is 1. The number of carbonyl (C=O) groups is 1. The fourth-order valence-corrected chi connectivity index (χ4v) is 2.88. The Kier molecular flexibility index (Phi) is 4.65. The molecule has 0 aliphatic carbocycles. The maximum absolute atomic E-state index is 12.8. The molecule has 0 aliphatic rings. The van der Waals surface area contributed by atoms with Crippen LogP contribution < -0.4 is 10.9 Å². The first-order chi connectivity index (χ1) is 12.7. The van der Waals surface area contributed by atoms with Crippen molar-refractivity contribution in [3.05, 3.63) is 70.0 Å². The lowest BCUT2D eigenvalue weighted by Gasteiger charge is -2.14. The highest BCUT2D eigenvalue weighted by Gasteiger charge is 2.30. The van der Waals surface area contributed by atoms with Crippen molar-refractivity contribution in [3.63, 3.8) is 0 Å². The second-order valence-corrected chi connectivity index (χ2v) is 5.82. The first-order valence-corrected chi connectivity index (χ1v) is 8.07. The monoisotopic (exact) mass is 376 g/mol. The minimum Gasteiger partial charge on any atom is -0.506 e. The topological polar surface area (TPSA) is 71.3 Å². The molecule has 0 bridgehead atoms. The van der Waals surface area contributed by atoms with E-state index in [0.29, 0.717) is 10.9 Å². The Morgan fingerprint density at radius 1 is 1.15 bits per heavy atom. The van der Waals surface area contributed by atoms with Crippen molar-refractivity contribution in [3.8, 4) is 5.75 Å². The molecule has 0 radical (unpaired) electrons. The zero-order chi connectivity index (χ0) is 19.8. The number of rotatable bonds is 3. The van der Waals surface area contributed by atoms with Gasteiger partial charge in [-0.1, -0.05) is 18.2 Å². The molecule has 1 heterocycles. The van der Waals surface area contributed by atoms with Crippen molar-refractivity contribution in [1.82, 2.24) is 4.57 Å². The molecule has 0 saturated heterocycles. The van der Waals surface area contributed by atoms with E-state index < -0.39 is 34.5 Å². The molecule has 5 nitrogen and oxygen atoms in total. The highest BCUT2D eigenvalue weighted by molar-refractivity contribution is 6.09. The maximum atomic E-state index is 12.8. The van der Waals surface area contributed by atoms with Gasteiger partial charge in [0.2, 0.25) is 0 Å². The number of nitrogens with zero attached hydrogens (tertiary/aromatic N) is 1. The molecule has 0 aliphatic heterocycles. The first-order valence-electron chi connectivity index (χ1n) is 8.07. The number of pyridine rings is 1. The van der Waals surface area contributed by atoms with E-state index in [-0.39, 0.29) is 12.2 Å². The average Bonchev–Trinajstić information content (AvgIpc) is 2.62. The van der Waals surface area contributed by atoms with Gasteiger partial charge in [-0.05, 0) is 37.3 Å². The van der Waals surface area contributed by atoms with Gasteiger partial charge in [0.25, 0.3) is 11.5 Å². The van der Waals surface area contributed by atoms with Crippen molar-refractivity contribution in [2.75, 3.05) is 5.32 Å². The van der Waals surface area contributed by atoms with E-state index in [4.69, 9.17) is 0 Å². The molecule has 2 aromatic carbocycles. The summed E-state index contributed by atoms with van der Waals surface area (Å²) in [6.07, 6.45) is -4.57. The molecule has 3 rings (SSSR count). The molecule has 0 atom stereocenters. The van der Waals surface area contributed by atoms with Crippen molar-refractivity contribution < 1.29 is 23.1 Å². The van der Waals surface area contributed by atoms with Gasteiger partial charge in [-0.2, -0.15) is 13.2 Å². The van der Waals surface area contributed by atoms with Crippen LogP contribution in [-0.4, -0.2) is 15.6 Å². The fourth-order valence-electron chi connectivity index (χ4n) is 2.88. The molecular weight excluding hydrogens is 361 g/mol. The van der Waals surface area contributed by atoms with Crippen LogP contribution in [0.1, 0.15) is 22.8 Å². The Hall–Kier alpha value is -3.29. The van der Waals surface area contributed by atoms with Crippen molar-refractivity contribution >= 4 is 22.5 Å². The molecule has 0 saturated carbocycles. The summed E-state index contributed by atoms with van der Waals surface area (Å²) < 4.78 is 39.8. The summed E-state index contributed by atoms with van der Waals surface area (Å²) in [4.78, 5) is 25.2. The van der Waals surface area contributed by atoms with Crippen LogP contribution in [0.15, 0.2) is 53.3 Å². The third-order valence-corrected chi connectivity index (χ3v) is 4.14.